The number of imide groups is 1. The number of benzene rings is 2. The summed E-state index contributed by atoms with van der Waals surface area (Å²) in [6, 6.07) is 6.48. The van der Waals surface area contributed by atoms with Crippen LogP contribution in [-0.2, 0) is 22.2 Å². The van der Waals surface area contributed by atoms with Crippen LogP contribution in [0.3, 0.4) is 0 Å². The van der Waals surface area contributed by atoms with Crippen LogP contribution in [0.4, 0.5) is 13.2 Å². The van der Waals surface area contributed by atoms with Crippen molar-refractivity contribution >= 4 is 23.7 Å². The number of alkyl halides is 3. The van der Waals surface area contributed by atoms with Gasteiger partial charge in [0.1, 0.15) is 6.04 Å². The number of halogens is 3. The van der Waals surface area contributed by atoms with E-state index in [2.05, 4.69) is 5.32 Å². The molecule has 262 valence electrons. The molecule has 49 heavy (non-hydrogen) atoms. The van der Waals surface area contributed by atoms with Crippen molar-refractivity contribution in [2.75, 3.05) is 27.7 Å². The van der Waals surface area contributed by atoms with Crippen molar-refractivity contribution in [3.8, 4) is 11.1 Å². The molecule has 1 aromatic heterocycles. The first-order valence-corrected chi connectivity index (χ1v) is 15.9. The molecular formula is C36H41F3N4O6. The van der Waals surface area contributed by atoms with Crippen LogP contribution in [0.2, 0.25) is 0 Å². The highest BCUT2D eigenvalue weighted by Gasteiger charge is 2.38. The Morgan fingerprint density at radius 3 is 2.12 bits per heavy atom. The summed E-state index contributed by atoms with van der Waals surface area (Å²) >= 11 is 0. The topological polar surface area (TPSA) is 129 Å². The van der Waals surface area contributed by atoms with E-state index in [9.17, 15) is 42.3 Å². The minimum atomic E-state index is -4.80. The van der Waals surface area contributed by atoms with Crippen molar-refractivity contribution in [1.29, 1.82) is 0 Å². The minimum Gasteiger partial charge on any atom is -0.481 e. The lowest BCUT2D eigenvalue weighted by molar-refractivity contribution is -0.139. The normalized spacial score (nSPS) is 14.4. The molecule has 0 spiro atoms. The lowest BCUT2D eigenvalue weighted by Gasteiger charge is -2.27. The van der Waals surface area contributed by atoms with Crippen LogP contribution in [0.25, 0.3) is 11.1 Å². The summed E-state index contributed by atoms with van der Waals surface area (Å²) in [5.41, 5.74) is 0.863. The number of rotatable bonds is 12. The molecule has 3 amide bonds. The number of carboxylic acids is 1. The number of nitrogens with one attached hydrogen (secondary N) is 1. The third-order valence-corrected chi connectivity index (χ3v) is 8.69. The Balaban J connectivity index is 1.87. The van der Waals surface area contributed by atoms with E-state index in [-0.39, 0.29) is 47.6 Å². The highest BCUT2D eigenvalue weighted by molar-refractivity contribution is 6.24. The van der Waals surface area contributed by atoms with E-state index in [1.807, 2.05) is 32.0 Å². The Morgan fingerprint density at radius 1 is 0.959 bits per heavy atom. The molecule has 3 aromatic rings. The second kappa shape index (κ2) is 14.4. The number of pyridine rings is 1. The van der Waals surface area contributed by atoms with Gasteiger partial charge in [0.2, 0.25) is 5.91 Å². The maximum atomic E-state index is 14.1. The predicted octanol–water partition coefficient (Wildman–Crippen LogP) is 5.40. The van der Waals surface area contributed by atoms with Gasteiger partial charge < -0.3 is 19.9 Å². The van der Waals surface area contributed by atoms with E-state index >= 15 is 0 Å². The van der Waals surface area contributed by atoms with Crippen molar-refractivity contribution in [2.24, 2.45) is 5.92 Å². The average molecular weight is 683 g/mol. The fourth-order valence-electron chi connectivity index (χ4n) is 6.27. The van der Waals surface area contributed by atoms with Crippen LogP contribution >= 0.6 is 0 Å². The van der Waals surface area contributed by atoms with Crippen LogP contribution in [0, 0.1) is 19.8 Å². The summed E-state index contributed by atoms with van der Waals surface area (Å²) in [5.74, 6) is -3.37. The quantitative estimate of drug-likeness (QED) is 0.245. The summed E-state index contributed by atoms with van der Waals surface area (Å²) in [5, 5.41) is 12.6. The molecule has 0 radical (unpaired) electrons. The number of hydrogen-bond donors (Lipinski definition) is 2. The van der Waals surface area contributed by atoms with E-state index in [0.29, 0.717) is 17.2 Å². The fraction of sp³-hybridized carbons (Fsp3) is 0.417. The molecule has 2 aromatic carbocycles. The first-order chi connectivity index (χ1) is 22.8. The van der Waals surface area contributed by atoms with Gasteiger partial charge in [-0.2, -0.15) is 13.2 Å². The third kappa shape index (κ3) is 7.93. The van der Waals surface area contributed by atoms with Gasteiger partial charge in [-0.25, -0.2) is 0 Å². The SMILES string of the molecule is Cc1cccc(C)c1-c1cc([C@@H](CC(=O)O)NC(=O)[C@H](CC(C)C)n2cc(CCN(C)C)c(C(F)(F)F)cc2=O)cc2c1C(=O)N(C)C2=O. The molecule has 0 saturated carbocycles. The Kier molecular flexibility index (Phi) is 10.9. The molecule has 0 aliphatic carbocycles. The highest BCUT2D eigenvalue weighted by atomic mass is 19.4. The van der Waals surface area contributed by atoms with Crippen molar-refractivity contribution in [3.05, 3.63) is 91.9 Å². The van der Waals surface area contributed by atoms with Crippen LogP contribution in [-0.4, -0.2) is 70.9 Å². The highest BCUT2D eigenvalue weighted by Crippen LogP contribution is 2.39. The number of carboxylic acid groups (broad SMARTS) is 1. The predicted molar refractivity (Wildman–Crippen MR) is 177 cm³/mol. The molecule has 2 heterocycles. The number of likely N-dealkylation sites (N-methyl/N-ethyl adjacent to an activating group) is 1. The van der Waals surface area contributed by atoms with Crippen molar-refractivity contribution < 1.29 is 37.5 Å². The molecule has 0 fully saturated rings. The van der Waals surface area contributed by atoms with Crippen molar-refractivity contribution in [1.82, 2.24) is 19.7 Å². The van der Waals surface area contributed by atoms with Crippen molar-refractivity contribution in [3.63, 3.8) is 0 Å². The third-order valence-electron chi connectivity index (χ3n) is 8.69. The molecule has 0 unspecified atom stereocenters. The van der Waals surface area contributed by atoms with E-state index in [4.69, 9.17) is 0 Å². The van der Waals surface area contributed by atoms with E-state index in [1.54, 1.807) is 38.9 Å². The summed E-state index contributed by atoms with van der Waals surface area (Å²) in [7, 11) is 4.75. The Morgan fingerprint density at radius 2 is 1.57 bits per heavy atom. The zero-order valence-corrected chi connectivity index (χ0v) is 28.6. The number of amides is 3. The molecule has 0 bridgehead atoms. The smallest absolute Gasteiger partial charge is 0.416 e. The van der Waals surface area contributed by atoms with E-state index in [0.717, 1.165) is 26.8 Å². The zero-order valence-electron chi connectivity index (χ0n) is 28.6. The second-order valence-corrected chi connectivity index (χ2v) is 13.2. The van der Waals surface area contributed by atoms with Crippen molar-refractivity contribution in [2.45, 2.75) is 65.2 Å². The molecule has 10 nitrogen and oxygen atoms in total. The minimum absolute atomic E-state index is 0.0444. The van der Waals surface area contributed by atoms with Gasteiger partial charge in [-0.3, -0.25) is 28.9 Å². The average Bonchev–Trinajstić information content (AvgIpc) is 3.21. The largest absolute Gasteiger partial charge is 0.481 e. The first kappa shape index (κ1) is 37.0. The zero-order chi connectivity index (χ0) is 36.5. The Bertz CT molecular complexity index is 1840. The molecule has 2 N–H and O–H groups in total. The Hall–Kier alpha value is -4.78. The number of aromatic nitrogens is 1. The number of aryl methyl sites for hydroxylation is 2. The summed E-state index contributed by atoms with van der Waals surface area (Å²) in [6.45, 7) is 7.50. The van der Waals surface area contributed by atoms with Gasteiger partial charge in [0, 0.05) is 25.9 Å². The number of hydrogen-bond acceptors (Lipinski definition) is 6. The van der Waals surface area contributed by atoms with Gasteiger partial charge >= 0.3 is 12.1 Å². The van der Waals surface area contributed by atoms with Crippen LogP contribution < -0.4 is 10.9 Å². The first-order valence-electron chi connectivity index (χ1n) is 15.9. The standard InChI is InChI=1S/C36H41F3N4O6/c1-19(2)13-28(43-18-22(11-12-41(5)6)26(16-29(43)44)36(37,38)39)33(47)40-27(17-30(45)46)23-14-24(31-20(3)9-8-10-21(31)4)32-25(15-23)34(48)42(7)35(32)49/h8-10,14-16,18-19,27-28H,11-13,17H2,1-7H3,(H,40,47)(H,45,46)/t27-,28+/m1/s1. The molecule has 0 saturated heterocycles. The molecule has 2 atom stereocenters. The van der Waals surface area contributed by atoms with Gasteiger partial charge in [0.25, 0.3) is 17.4 Å². The van der Waals surface area contributed by atoms with Gasteiger partial charge in [0.15, 0.2) is 0 Å². The Labute approximate surface area is 282 Å². The maximum absolute atomic E-state index is 14.1. The lowest BCUT2D eigenvalue weighted by atomic mass is 9.87. The lowest BCUT2D eigenvalue weighted by Crippen LogP contribution is -2.40. The molecule has 13 heteroatoms. The van der Waals surface area contributed by atoms with E-state index in [1.165, 1.54) is 13.1 Å². The summed E-state index contributed by atoms with van der Waals surface area (Å²) in [4.78, 5) is 68.7. The van der Waals surface area contributed by atoms with Gasteiger partial charge in [0.05, 0.1) is 29.2 Å². The summed E-state index contributed by atoms with van der Waals surface area (Å²) in [6.07, 6.45) is -4.34. The van der Waals surface area contributed by atoms with E-state index < -0.39 is 59.5 Å². The second-order valence-electron chi connectivity index (χ2n) is 13.2. The number of aliphatic carboxylic acids is 1. The van der Waals surface area contributed by atoms with Gasteiger partial charge in [-0.15, -0.1) is 0 Å². The fourth-order valence-corrected chi connectivity index (χ4v) is 6.27. The van der Waals surface area contributed by atoms with Gasteiger partial charge in [-0.05, 0) is 92.2 Å². The molecule has 1 aliphatic heterocycles. The molecule has 1 aliphatic rings. The molecule has 4 rings (SSSR count). The van der Waals surface area contributed by atoms with Crippen LogP contribution in [0.5, 0.6) is 0 Å². The monoisotopic (exact) mass is 682 g/mol. The number of fused-ring (bicyclic) bond motifs is 1. The van der Waals surface area contributed by atoms with Crippen LogP contribution in [0.1, 0.15) is 87.3 Å². The number of carbonyl (C=O) groups is 4. The maximum Gasteiger partial charge on any atom is 0.416 e. The van der Waals surface area contributed by atoms with Crippen LogP contribution in [0.15, 0.2) is 47.4 Å². The summed E-state index contributed by atoms with van der Waals surface area (Å²) < 4.78 is 42.9. The van der Waals surface area contributed by atoms with Gasteiger partial charge in [-0.1, -0.05) is 32.0 Å². The number of carbonyl (C=O) groups excluding carboxylic acids is 3. The number of nitrogens with zero attached hydrogens (tertiary/aromatic N) is 3. The molecular weight excluding hydrogens is 641 g/mol.